The molecule has 0 unspecified atom stereocenters. The Balaban J connectivity index is 1.64. The van der Waals surface area contributed by atoms with E-state index in [9.17, 15) is 4.79 Å². The fraction of sp³-hybridized carbons (Fsp3) is 0.240. The van der Waals surface area contributed by atoms with E-state index in [2.05, 4.69) is 18.2 Å². The highest BCUT2D eigenvalue weighted by Gasteiger charge is 2.64. The molecule has 0 aliphatic carbocycles. The summed E-state index contributed by atoms with van der Waals surface area (Å²) in [5.41, 5.74) is 3.82. The third kappa shape index (κ3) is 2.88. The number of aryl methyl sites for hydroxylation is 1. The van der Waals surface area contributed by atoms with Crippen LogP contribution in [0.3, 0.4) is 0 Å². The molecule has 3 aromatic carbocycles. The number of ether oxygens (including phenoxy) is 1. The SMILES string of the molecule is O=C1[C@@H](OCc2ccccc2)[C@@]2(c3ccccc3)c3cc(Cl)ccc3CCCN12. The van der Waals surface area contributed by atoms with E-state index in [1.807, 2.05) is 65.6 Å². The number of halogens is 1. The van der Waals surface area contributed by atoms with Crippen LogP contribution in [0.15, 0.2) is 78.9 Å². The van der Waals surface area contributed by atoms with Crippen LogP contribution >= 0.6 is 11.6 Å². The zero-order valence-electron chi connectivity index (χ0n) is 16.1. The highest BCUT2D eigenvalue weighted by atomic mass is 35.5. The van der Waals surface area contributed by atoms with E-state index in [1.54, 1.807) is 0 Å². The lowest BCUT2D eigenvalue weighted by Gasteiger charge is -2.57. The maximum Gasteiger partial charge on any atom is 0.256 e. The van der Waals surface area contributed by atoms with Crippen molar-refractivity contribution in [3.05, 3.63) is 106 Å². The van der Waals surface area contributed by atoms with Gasteiger partial charge in [-0.05, 0) is 47.2 Å². The molecule has 0 spiro atoms. The Morgan fingerprint density at radius 3 is 2.48 bits per heavy atom. The van der Waals surface area contributed by atoms with E-state index in [1.165, 1.54) is 5.56 Å². The topological polar surface area (TPSA) is 29.5 Å². The average molecular weight is 404 g/mol. The lowest BCUT2D eigenvalue weighted by Crippen LogP contribution is -2.73. The number of hydrogen-bond acceptors (Lipinski definition) is 2. The molecule has 1 amide bonds. The molecule has 5 rings (SSSR count). The van der Waals surface area contributed by atoms with Gasteiger partial charge in [0.15, 0.2) is 6.10 Å². The smallest absolute Gasteiger partial charge is 0.256 e. The molecule has 0 saturated carbocycles. The van der Waals surface area contributed by atoms with Gasteiger partial charge in [0.2, 0.25) is 0 Å². The van der Waals surface area contributed by atoms with Gasteiger partial charge in [-0.15, -0.1) is 0 Å². The van der Waals surface area contributed by atoms with E-state index in [0.29, 0.717) is 18.2 Å². The first-order valence-electron chi connectivity index (χ1n) is 10.0. The Hall–Kier alpha value is -2.62. The van der Waals surface area contributed by atoms with Crippen molar-refractivity contribution in [2.45, 2.75) is 31.1 Å². The van der Waals surface area contributed by atoms with Crippen LogP contribution in [0.25, 0.3) is 0 Å². The van der Waals surface area contributed by atoms with Crippen LogP contribution < -0.4 is 0 Å². The second-order valence-electron chi connectivity index (χ2n) is 7.70. The van der Waals surface area contributed by atoms with Crippen molar-refractivity contribution < 1.29 is 9.53 Å². The number of hydrogen-bond donors (Lipinski definition) is 0. The number of carbonyl (C=O) groups excluding carboxylic acids is 1. The van der Waals surface area contributed by atoms with Crippen molar-refractivity contribution in [2.75, 3.05) is 6.54 Å². The zero-order chi connectivity index (χ0) is 19.8. The van der Waals surface area contributed by atoms with Gasteiger partial charge in [0.05, 0.1) is 6.61 Å². The summed E-state index contributed by atoms with van der Waals surface area (Å²) in [6, 6.07) is 26.3. The van der Waals surface area contributed by atoms with E-state index in [0.717, 1.165) is 29.5 Å². The van der Waals surface area contributed by atoms with Crippen LogP contribution in [0, 0.1) is 0 Å². The first-order chi connectivity index (χ1) is 14.2. The van der Waals surface area contributed by atoms with E-state index in [-0.39, 0.29) is 5.91 Å². The van der Waals surface area contributed by atoms with Crippen LogP contribution in [0.5, 0.6) is 0 Å². The molecule has 2 aliphatic rings. The fourth-order valence-corrected chi connectivity index (χ4v) is 4.96. The van der Waals surface area contributed by atoms with Gasteiger partial charge in [0, 0.05) is 11.6 Å². The number of rotatable bonds is 4. The molecule has 29 heavy (non-hydrogen) atoms. The van der Waals surface area contributed by atoms with Gasteiger partial charge in [-0.25, -0.2) is 0 Å². The van der Waals surface area contributed by atoms with Crippen molar-refractivity contribution >= 4 is 17.5 Å². The number of carbonyl (C=O) groups is 1. The first kappa shape index (κ1) is 18.4. The van der Waals surface area contributed by atoms with Crippen molar-refractivity contribution in [3.63, 3.8) is 0 Å². The largest absolute Gasteiger partial charge is 0.360 e. The van der Waals surface area contributed by atoms with E-state index < -0.39 is 11.6 Å². The van der Waals surface area contributed by atoms with Crippen LogP contribution in [-0.4, -0.2) is 23.5 Å². The van der Waals surface area contributed by atoms with Gasteiger partial charge in [0.25, 0.3) is 5.91 Å². The summed E-state index contributed by atoms with van der Waals surface area (Å²) in [6.07, 6.45) is 1.29. The van der Waals surface area contributed by atoms with E-state index >= 15 is 0 Å². The third-order valence-corrected chi connectivity index (χ3v) is 6.31. The second-order valence-corrected chi connectivity index (χ2v) is 8.14. The van der Waals surface area contributed by atoms with Gasteiger partial charge >= 0.3 is 0 Å². The predicted molar refractivity (Wildman–Crippen MR) is 114 cm³/mol. The van der Waals surface area contributed by atoms with Crippen molar-refractivity contribution in [1.82, 2.24) is 4.90 Å². The molecule has 1 fully saturated rings. The van der Waals surface area contributed by atoms with Crippen LogP contribution in [-0.2, 0) is 28.1 Å². The monoisotopic (exact) mass is 403 g/mol. The Kier molecular flexibility index (Phi) is 4.65. The van der Waals surface area contributed by atoms with Gasteiger partial charge in [0.1, 0.15) is 5.54 Å². The summed E-state index contributed by atoms with van der Waals surface area (Å²) in [5.74, 6) is 0.0533. The van der Waals surface area contributed by atoms with E-state index in [4.69, 9.17) is 16.3 Å². The van der Waals surface area contributed by atoms with Crippen LogP contribution in [0.4, 0.5) is 0 Å². The summed E-state index contributed by atoms with van der Waals surface area (Å²) < 4.78 is 6.32. The lowest BCUT2D eigenvalue weighted by atomic mass is 9.69. The molecule has 2 heterocycles. The molecule has 3 nitrogen and oxygen atoms in total. The molecular weight excluding hydrogens is 382 g/mol. The third-order valence-electron chi connectivity index (χ3n) is 6.08. The Labute approximate surface area is 175 Å². The molecule has 0 bridgehead atoms. The van der Waals surface area contributed by atoms with Crippen LogP contribution in [0.2, 0.25) is 5.02 Å². The Bertz CT molecular complexity index is 1040. The molecule has 4 heteroatoms. The normalized spacial score (nSPS) is 23.0. The van der Waals surface area contributed by atoms with Crippen molar-refractivity contribution in [2.24, 2.45) is 0 Å². The molecule has 0 radical (unpaired) electrons. The first-order valence-corrected chi connectivity index (χ1v) is 10.4. The van der Waals surface area contributed by atoms with Crippen LogP contribution in [0.1, 0.15) is 28.7 Å². The highest BCUT2D eigenvalue weighted by Crippen LogP contribution is 2.52. The average Bonchev–Trinajstić information content (AvgIpc) is 2.90. The number of amides is 1. The number of nitrogens with zero attached hydrogens (tertiary/aromatic N) is 1. The number of benzene rings is 3. The lowest BCUT2D eigenvalue weighted by molar-refractivity contribution is -0.191. The predicted octanol–water partition coefficient (Wildman–Crippen LogP) is 4.96. The summed E-state index contributed by atoms with van der Waals surface area (Å²) >= 11 is 6.43. The minimum absolute atomic E-state index is 0.0533. The molecule has 2 atom stereocenters. The molecule has 0 N–H and O–H groups in total. The van der Waals surface area contributed by atoms with Crippen molar-refractivity contribution in [3.8, 4) is 0 Å². The zero-order valence-corrected chi connectivity index (χ0v) is 16.8. The van der Waals surface area contributed by atoms with Gasteiger partial charge in [-0.1, -0.05) is 78.3 Å². The van der Waals surface area contributed by atoms with Gasteiger partial charge < -0.3 is 9.64 Å². The molecule has 0 aromatic heterocycles. The highest BCUT2D eigenvalue weighted by molar-refractivity contribution is 6.30. The molecular formula is C25H22ClNO2. The Morgan fingerprint density at radius 1 is 1.00 bits per heavy atom. The summed E-state index contributed by atoms with van der Waals surface area (Å²) in [7, 11) is 0. The minimum atomic E-state index is -0.635. The minimum Gasteiger partial charge on any atom is -0.360 e. The van der Waals surface area contributed by atoms with Gasteiger partial charge in [-0.2, -0.15) is 0 Å². The second kappa shape index (κ2) is 7.33. The van der Waals surface area contributed by atoms with Crippen molar-refractivity contribution in [1.29, 1.82) is 0 Å². The maximum absolute atomic E-state index is 13.2. The van der Waals surface area contributed by atoms with Gasteiger partial charge in [-0.3, -0.25) is 4.79 Å². The molecule has 3 aromatic rings. The molecule has 1 saturated heterocycles. The molecule has 2 aliphatic heterocycles. The standard InChI is InChI=1S/C25H22ClNO2/c26-21-14-13-19-10-7-15-27-24(28)23(29-17-18-8-3-1-4-9-18)25(27,22(19)16-21)20-11-5-2-6-12-20/h1-6,8-9,11-14,16,23H,7,10,15,17H2/t23-,25-/m1/s1. The number of fused-ring (bicyclic) bond motifs is 3. The summed E-state index contributed by atoms with van der Waals surface area (Å²) in [5, 5.41) is 0.682. The summed E-state index contributed by atoms with van der Waals surface area (Å²) in [6.45, 7) is 1.11. The summed E-state index contributed by atoms with van der Waals surface area (Å²) in [4.78, 5) is 15.2. The number of β-lactam (4-membered cyclic amide) rings is 1. The maximum atomic E-state index is 13.2. The quantitative estimate of drug-likeness (QED) is 0.576. The molecule has 146 valence electrons. The fourth-order valence-electron chi connectivity index (χ4n) is 4.79. The Morgan fingerprint density at radius 2 is 1.72 bits per heavy atom.